The molecule has 0 aliphatic carbocycles. The van der Waals surface area contributed by atoms with E-state index in [4.69, 9.17) is 11.6 Å². The van der Waals surface area contributed by atoms with Crippen LogP contribution < -0.4 is 5.32 Å². The van der Waals surface area contributed by atoms with E-state index in [1.807, 2.05) is 0 Å². The summed E-state index contributed by atoms with van der Waals surface area (Å²) in [6.07, 6.45) is 3.38. The number of carbonyl (C=O) groups is 1. The summed E-state index contributed by atoms with van der Waals surface area (Å²) < 4.78 is 0. The molecule has 0 aromatic rings. The van der Waals surface area contributed by atoms with Crippen molar-refractivity contribution in [3.05, 3.63) is 0 Å². The molecule has 66 valence electrons. The minimum absolute atomic E-state index is 0.0669. The Bertz CT molecular complexity index is 115. The van der Waals surface area contributed by atoms with E-state index < -0.39 is 5.38 Å². The number of carbonyl (C=O) groups excluding carboxylic acids is 1. The molecule has 1 atom stereocenters. The van der Waals surface area contributed by atoms with Crippen LogP contribution in [0.4, 0.5) is 0 Å². The molecule has 0 saturated carbocycles. The number of unbranched alkanes of at least 4 members (excludes halogenated alkanes) is 2. The van der Waals surface area contributed by atoms with Crippen LogP contribution in [0.5, 0.6) is 0 Å². The van der Waals surface area contributed by atoms with E-state index in [-0.39, 0.29) is 5.91 Å². The number of hydrogen-bond acceptors (Lipinski definition) is 1. The van der Waals surface area contributed by atoms with E-state index in [9.17, 15) is 4.79 Å². The summed E-state index contributed by atoms with van der Waals surface area (Å²) in [6, 6.07) is 0. The first kappa shape index (κ1) is 10.8. The van der Waals surface area contributed by atoms with Crippen LogP contribution in [-0.2, 0) is 4.79 Å². The lowest BCUT2D eigenvalue weighted by molar-refractivity contribution is -0.120. The fourth-order valence-corrected chi connectivity index (χ4v) is 0.804. The van der Waals surface area contributed by atoms with Gasteiger partial charge in [-0.25, -0.2) is 0 Å². The number of nitrogens with one attached hydrogen (secondary N) is 1. The Labute approximate surface area is 73.3 Å². The lowest BCUT2D eigenvalue weighted by Gasteiger charge is -2.04. The van der Waals surface area contributed by atoms with Gasteiger partial charge in [0.1, 0.15) is 5.38 Å². The third-order valence-electron chi connectivity index (χ3n) is 1.44. The molecule has 2 nitrogen and oxygen atoms in total. The van der Waals surface area contributed by atoms with Crippen molar-refractivity contribution >= 4 is 17.5 Å². The number of alkyl halides is 1. The van der Waals surface area contributed by atoms with Gasteiger partial charge in [0.05, 0.1) is 0 Å². The summed E-state index contributed by atoms with van der Waals surface area (Å²) in [6.45, 7) is 4.56. The second kappa shape index (κ2) is 6.47. The third kappa shape index (κ3) is 6.17. The van der Waals surface area contributed by atoms with Crippen molar-refractivity contribution in [3.8, 4) is 0 Å². The van der Waals surface area contributed by atoms with Crippen molar-refractivity contribution in [2.45, 2.75) is 38.5 Å². The molecule has 0 radical (unpaired) electrons. The Kier molecular flexibility index (Phi) is 6.33. The van der Waals surface area contributed by atoms with Gasteiger partial charge in [0, 0.05) is 6.54 Å². The summed E-state index contributed by atoms with van der Waals surface area (Å²) in [5.74, 6) is -0.0669. The molecule has 0 aliphatic rings. The first-order valence-electron chi connectivity index (χ1n) is 4.10. The maximum Gasteiger partial charge on any atom is 0.237 e. The Morgan fingerprint density at radius 1 is 1.55 bits per heavy atom. The normalized spacial score (nSPS) is 12.6. The molecule has 0 bridgehead atoms. The van der Waals surface area contributed by atoms with E-state index in [1.54, 1.807) is 6.92 Å². The molecule has 0 aliphatic heterocycles. The van der Waals surface area contributed by atoms with Gasteiger partial charge in [0.25, 0.3) is 0 Å². The molecule has 11 heavy (non-hydrogen) atoms. The molecule has 1 N–H and O–H groups in total. The largest absolute Gasteiger partial charge is 0.355 e. The zero-order valence-electron chi connectivity index (χ0n) is 7.19. The molecule has 0 aromatic carbocycles. The number of halogens is 1. The highest BCUT2D eigenvalue weighted by Gasteiger charge is 2.06. The zero-order valence-corrected chi connectivity index (χ0v) is 7.95. The van der Waals surface area contributed by atoms with E-state index >= 15 is 0 Å². The highest BCUT2D eigenvalue weighted by Crippen LogP contribution is 1.94. The van der Waals surface area contributed by atoms with Gasteiger partial charge >= 0.3 is 0 Å². The van der Waals surface area contributed by atoms with Crippen molar-refractivity contribution in [1.29, 1.82) is 0 Å². The molecule has 0 rings (SSSR count). The zero-order chi connectivity index (χ0) is 8.69. The summed E-state index contributed by atoms with van der Waals surface area (Å²) in [5, 5.41) is 2.34. The second-order valence-electron chi connectivity index (χ2n) is 2.61. The molecule has 1 amide bonds. The van der Waals surface area contributed by atoms with E-state index in [0.717, 1.165) is 19.4 Å². The predicted octanol–water partition coefficient (Wildman–Crippen LogP) is 1.92. The van der Waals surface area contributed by atoms with Gasteiger partial charge in [-0.05, 0) is 13.3 Å². The number of hydrogen-bond donors (Lipinski definition) is 1. The van der Waals surface area contributed by atoms with Crippen molar-refractivity contribution in [2.75, 3.05) is 6.54 Å². The van der Waals surface area contributed by atoms with Crippen molar-refractivity contribution < 1.29 is 4.79 Å². The SMILES string of the molecule is CCCCCNC(=O)[C@@H](C)Cl. The average Bonchev–Trinajstić information content (AvgIpc) is 1.97. The lowest BCUT2D eigenvalue weighted by atomic mass is 10.2. The first-order chi connectivity index (χ1) is 5.18. The van der Waals surface area contributed by atoms with E-state index in [0.29, 0.717) is 0 Å². The summed E-state index contributed by atoms with van der Waals surface area (Å²) in [7, 11) is 0. The fraction of sp³-hybridized carbons (Fsp3) is 0.875. The van der Waals surface area contributed by atoms with Crippen molar-refractivity contribution in [2.24, 2.45) is 0 Å². The molecular formula is C8H16ClNO. The molecule has 3 heteroatoms. The van der Waals surface area contributed by atoms with Gasteiger partial charge in [0.15, 0.2) is 0 Å². The Morgan fingerprint density at radius 3 is 2.64 bits per heavy atom. The molecular weight excluding hydrogens is 162 g/mol. The maximum atomic E-state index is 10.9. The standard InChI is InChI=1S/C8H16ClNO/c1-3-4-5-6-10-8(11)7(2)9/h7H,3-6H2,1-2H3,(H,10,11)/t7-/m1/s1. The third-order valence-corrected chi connectivity index (χ3v) is 1.64. The average molecular weight is 178 g/mol. The van der Waals surface area contributed by atoms with Crippen LogP contribution in [0.15, 0.2) is 0 Å². The maximum absolute atomic E-state index is 10.9. The van der Waals surface area contributed by atoms with Crippen LogP contribution in [0.1, 0.15) is 33.1 Å². The monoisotopic (exact) mass is 177 g/mol. The second-order valence-corrected chi connectivity index (χ2v) is 3.27. The first-order valence-corrected chi connectivity index (χ1v) is 4.54. The van der Waals surface area contributed by atoms with Crippen LogP contribution in [0.2, 0.25) is 0 Å². The summed E-state index contributed by atoms with van der Waals surface area (Å²) in [4.78, 5) is 10.9. The van der Waals surface area contributed by atoms with Crippen LogP contribution in [0, 0.1) is 0 Å². The van der Waals surface area contributed by atoms with Gasteiger partial charge in [-0.1, -0.05) is 19.8 Å². The molecule has 0 spiro atoms. The van der Waals surface area contributed by atoms with Gasteiger partial charge in [-0.15, -0.1) is 11.6 Å². The Hall–Kier alpha value is -0.240. The lowest BCUT2D eigenvalue weighted by Crippen LogP contribution is -2.30. The molecule has 0 fully saturated rings. The van der Waals surface area contributed by atoms with Crippen LogP contribution in [-0.4, -0.2) is 17.8 Å². The van der Waals surface area contributed by atoms with Gasteiger partial charge in [-0.2, -0.15) is 0 Å². The van der Waals surface area contributed by atoms with Gasteiger partial charge in [0.2, 0.25) is 5.91 Å². The van der Waals surface area contributed by atoms with Gasteiger partial charge in [-0.3, -0.25) is 4.79 Å². The van der Waals surface area contributed by atoms with Crippen LogP contribution in [0.3, 0.4) is 0 Å². The fourth-order valence-electron chi connectivity index (χ4n) is 0.727. The van der Waals surface area contributed by atoms with E-state index in [2.05, 4.69) is 12.2 Å². The molecule has 0 aromatic heterocycles. The summed E-state index contributed by atoms with van der Waals surface area (Å²) >= 11 is 5.53. The summed E-state index contributed by atoms with van der Waals surface area (Å²) in [5.41, 5.74) is 0. The van der Waals surface area contributed by atoms with E-state index in [1.165, 1.54) is 6.42 Å². The van der Waals surface area contributed by atoms with Gasteiger partial charge < -0.3 is 5.32 Å². The number of rotatable bonds is 5. The number of amides is 1. The highest BCUT2D eigenvalue weighted by molar-refractivity contribution is 6.30. The van der Waals surface area contributed by atoms with Crippen LogP contribution >= 0.6 is 11.6 Å². The minimum Gasteiger partial charge on any atom is -0.355 e. The molecule has 0 saturated heterocycles. The minimum atomic E-state index is -0.406. The van der Waals surface area contributed by atoms with Crippen LogP contribution in [0.25, 0.3) is 0 Å². The predicted molar refractivity (Wildman–Crippen MR) is 47.8 cm³/mol. The molecule has 0 heterocycles. The topological polar surface area (TPSA) is 29.1 Å². The highest BCUT2D eigenvalue weighted by atomic mass is 35.5. The van der Waals surface area contributed by atoms with Crippen molar-refractivity contribution in [3.63, 3.8) is 0 Å². The molecule has 0 unspecified atom stereocenters. The van der Waals surface area contributed by atoms with Crippen molar-refractivity contribution in [1.82, 2.24) is 5.32 Å². The smallest absolute Gasteiger partial charge is 0.237 e. The quantitative estimate of drug-likeness (QED) is 0.505. The Balaban J connectivity index is 3.18. The Morgan fingerprint density at radius 2 is 2.18 bits per heavy atom.